The van der Waals surface area contributed by atoms with Crippen LogP contribution in [0.3, 0.4) is 0 Å². The van der Waals surface area contributed by atoms with E-state index in [1.54, 1.807) is 11.9 Å². The molecule has 0 spiro atoms. The molecule has 24 heavy (non-hydrogen) atoms. The molecule has 0 saturated carbocycles. The van der Waals surface area contributed by atoms with Gasteiger partial charge in [0.2, 0.25) is 0 Å². The number of anilines is 2. The van der Waals surface area contributed by atoms with Crippen LogP contribution in [-0.2, 0) is 0 Å². The molecule has 2 N–H and O–H groups in total. The van der Waals surface area contributed by atoms with E-state index in [-0.39, 0.29) is 5.50 Å². The van der Waals surface area contributed by atoms with Gasteiger partial charge in [0.15, 0.2) is 5.50 Å². The van der Waals surface area contributed by atoms with Crippen LogP contribution in [0.15, 0.2) is 60.7 Å². The molecule has 0 radical (unpaired) electrons. The molecule has 4 rings (SSSR count). The van der Waals surface area contributed by atoms with Gasteiger partial charge >= 0.3 is 0 Å². The lowest BCUT2D eigenvalue weighted by molar-refractivity contribution is 0.340. The molecule has 0 unspecified atom stereocenters. The Hall–Kier alpha value is -2.60. The minimum absolute atomic E-state index is 0.0734. The third-order valence-electron chi connectivity index (χ3n) is 3.69. The lowest BCUT2D eigenvalue weighted by Crippen LogP contribution is -2.20. The maximum atomic E-state index is 5.48. The smallest absolute Gasteiger partial charge is 0.168 e. The van der Waals surface area contributed by atoms with Crippen molar-refractivity contribution in [2.75, 3.05) is 17.2 Å². The molecule has 0 fully saturated rings. The summed E-state index contributed by atoms with van der Waals surface area (Å²) in [6.07, 6.45) is 0. The highest BCUT2D eigenvalue weighted by Crippen LogP contribution is 2.33. The number of hydrogen-bond donors (Lipinski definition) is 2. The van der Waals surface area contributed by atoms with E-state index in [0.717, 1.165) is 28.5 Å². The van der Waals surface area contributed by atoms with Crippen molar-refractivity contribution < 1.29 is 4.74 Å². The van der Waals surface area contributed by atoms with Crippen LogP contribution >= 0.6 is 11.9 Å². The number of fused-ring (bicyclic) bond motifs is 1. The summed E-state index contributed by atoms with van der Waals surface area (Å²) < 4.78 is 7.40. The van der Waals surface area contributed by atoms with Crippen molar-refractivity contribution in [3.05, 3.63) is 60.7 Å². The van der Waals surface area contributed by atoms with Crippen molar-refractivity contribution >= 4 is 23.5 Å². The Kier molecular flexibility index (Phi) is 4.04. The molecular formula is C18H18N4OS. The number of nitrogens with one attached hydrogen (secondary N) is 2. The molecule has 122 valence electrons. The first kappa shape index (κ1) is 15.0. The standard InChI is InChI=1S/C18H18N4OS/c1-2-23-15-10-8-13(9-11-15)16-12-17-20-18(24-22(17)21-16)19-14-6-4-3-5-7-14/h3-12,18-20H,2H2,1H3/t18-/m1/s1. The molecule has 6 heteroatoms. The van der Waals surface area contributed by atoms with E-state index in [2.05, 4.69) is 33.9 Å². The van der Waals surface area contributed by atoms with Crippen LogP contribution in [0.1, 0.15) is 6.92 Å². The van der Waals surface area contributed by atoms with Gasteiger partial charge in [-0.2, -0.15) is 9.19 Å². The Balaban J connectivity index is 1.45. The van der Waals surface area contributed by atoms with E-state index in [0.29, 0.717) is 6.61 Å². The van der Waals surface area contributed by atoms with Crippen molar-refractivity contribution in [1.82, 2.24) is 9.19 Å². The SMILES string of the molecule is CCOc1ccc(-c2cc3n(n2)S[C@H](Nc2ccccc2)N3)cc1. The van der Waals surface area contributed by atoms with E-state index >= 15 is 0 Å². The number of aromatic nitrogens is 2. The quantitative estimate of drug-likeness (QED) is 0.728. The zero-order valence-corrected chi connectivity index (χ0v) is 14.1. The van der Waals surface area contributed by atoms with Crippen molar-refractivity contribution in [2.24, 2.45) is 0 Å². The summed E-state index contributed by atoms with van der Waals surface area (Å²) in [5.74, 6) is 1.88. The number of benzene rings is 2. The van der Waals surface area contributed by atoms with E-state index < -0.39 is 0 Å². The summed E-state index contributed by atoms with van der Waals surface area (Å²) in [6, 6.07) is 20.2. The highest BCUT2D eigenvalue weighted by Gasteiger charge is 2.23. The van der Waals surface area contributed by atoms with Crippen LogP contribution in [0, 0.1) is 0 Å². The van der Waals surface area contributed by atoms with Crippen LogP contribution in [0.2, 0.25) is 0 Å². The van der Waals surface area contributed by atoms with Gasteiger partial charge < -0.3 is 15.4 Å². The van der Waals surface area contributed by atoms with Gasteiger partial charge in [-0.05, 0) is 43.3 Å². The van der Waals surface area contributed by atoms with Crippen LogP contribution in [0.25, 0.3) is 11.3 Å². The minimum atomic E-state index is 0.0734. The molecular weight excluding hydrogens is 320 g/mol. The summed E-state index contributed by atoms with van der Waals surface area (Å²) in [4.78, 5) is 0. The van der Waals surface area contributed by atoms with Gasteiger partial charge in [-0.25, -0.2) is 0 Å². The monoisotopic (exact) mass is 338 g/mol. The lowest BCUT2D eigenvalue weighted by Gasteiger charge is -2.12. The van der Waals surface area contributed by atoms with E-state index in [9.17, 15) is 0 Å². The lowest BCUT2D eigenvalue weighted by atomic mass is 10.1. The first-order valence-corrected chi connectivity index (χ1v) is 8.74. The van der Waals surface area contributed by atoms with E-state index in [1.165, 1.54) is 0 Å². The molecule has 0 amide bonds. The minimum Gasteiger partial charge on any atom is -0.494 e. The summed E-state index contributed by atoms with van der Waals surface area (Å²) in [5, 5.41) is 11.5. The average molecular weight is 338 g/mol. The topological polar surface area (TPSA) is 51.1 Å². The van der Waals surface area contributed by atoms with Gasteiger partial charge in [-0.15, -0.1) is 0 Å². The molecule has 1 aromatic heterocycles. The molecule has 0 bridgehead atoms. The zero-order chi connectivity index (χ0) is 16.4. The third kappa shape index (κ3) is 3.05. The van der Waals surface area contributed by atoms with Gasteiger partial charge in [-0.3, -0.25) is 0 Å². The van der Waals surface area contributed by atoms with Gasteiger partial charge in [0.1, 0.15) is 11.6 Å². The second kappa shape index (κ2) is 6.49. The van der Waals surface area contributed by atoms with Crippen molar-refractivity contribution in [3.8, 4) is 17.0 Å². The molecule has 3 aromatic rings. The van der Waals surface area contributed by atoms with Crippen LogP contribution in [0.5, 0.6) is 5.75 Å². The fraction of sp³-hybridized carbons (Fsp3) is 0.167. The number of para-hydroxylation sites is 1. The summed E-state index contributed by atoms with van der Waals surface area (Å²) >= 11 is 1.62. The maximum absolute atomic E-state index is 5.48. The Bertz CT molecular complexity index is 793. The number of rotatable bonds is 5. The number of ether oxygens (including phenoxy) is 1. The average Bonchev–Trinajstić information content (AvgIpc) is 3.15. The fourth-order valence-corrected chi connectivity index (χ4v) is 3.50. The number of nitrogens with zero attached hydrogens (tertiary/aromatic N) is 2. The van der Waals surface area contributed by atoms with Crippen LogP contribution < -0.4 is 15.4 Å². The van der Waals surface area contributed by atoms with Gasteiger partial charge in [0, 0.05) is 29.3 Å². The Morgan fingerprint density at radius 3 is 2.67 bits per heavy atom. The molecule has 0 saturated heterocycles. The highest BCUT2D eigenvalue weighted by atomic mass is 32.2. The molecule has 2 heterocycles. The Morgan fingerprint density at radius 2 is 1.96 bits per heavy atom. The zero-order valence-electron chi connectivity index (χ0n) is 13.3. The summed E-state index contributed by atoms with van der Waals surface area (Å²) in [5.41, 5.74) is 3.19. The molecule has 1 atom stereocenters. The van der Waals surface area contributed by atoms with E-state index in [4.69, 9.17) is 4.74 Å². The second-order valence-electron chi connectivity index (χ2n) is 5.39. The third-order valence-corrected chi connectivity index (χ3v) is 4.62. The van der Waals surface area contributed by atoms with Crippen LogP contribution in [-0.4, -0.2) is 21.3 Å². The highest BCUT2D eigenvalue weighted by molar-refractivity contribution is 7.98. The van der Waals surface area contributed by atoms with E-state index in [1.807, 2.05) is 53.5 Å². The largest absolute Gasteiger partial charge is 0.494 e. The Morgan fingerprint density at radius 1 is 1.17 bits per heavy atom. The second-order valence-corrected chi connectivity index (χ2v) is 6.41. The maximum Gasteiger partial charge on any atom is 0.168 e. The first-order chi connectivity index (χ1) is 11.8. The summed E-state index contributed by atoms with van der Waals surface area (Å²) in [6.45, 7) is 2.66. The molecule has 5 nitrogen and oxygen atoms in total. The van der Waals surface area contributed by atoms with Crippen molar-refractivity contribution in [1.29, 1.82) is 0 Å². The predicted octanol–water partition coefficient (Wildman–Crippen LogP) is 4.27. The summed E-state index contributed by atoms with van der Waals surface area (Å²) in [7, 11) is 0. The van der Waals surface area contributed by atoms with Gasteiger partial charge in [0.05, 0.1) is 12.3 Å². The molecule has 1 aliphatic heterocycles. The normalized spacial score (nSPS) is 15.6. The predicted molar refractivity (Wildman–Crippen MR) is 99.3 cm³/mol. The molecule has 1 aliphatic rings. The van der Waals surface area contributed by atoms with Crippen molar-refractivity contribution in [2.45, 2.75) is 12.4 Å². The van der Waals surface area contributed by atoms with Crippen molar-refractivity contribution in [3.63, 3.8) is 0 Å². The number of hydrogen-bond acceptors (Lipinski definition) is 5. The van der Waals surface area contributed by atoms with Gasteiger partial charge in [0.25, 0.3) is 0 Å². The Labute approximate surface area is 145 Å². The molecule has 2 aromatic carbocycles. The van der Waals surface area contributed by atoms with Crippen LogP contribution in [0.4, 0.5) is 11.5 Å². The molecule has 0 aliphatic carbocycles. The first-order valence-electron chi connectivity index (χ1n) is 7.90. The fourth-order valence-electron chi connectivity index (χ4n) is 2.58. The van der Waals surface area contributed by atoms with Gasteiger partial charge in [-0.1, -0.05) is 18.2 Å².